The maximum atomic E-state index is 9.33. The maximum absolute atomic E-state index is 9.33. The number of aromatic nitrogens is 1. The van der Waals surface area contributed by atoms with Crippen LogP contribution in [0.3, 0.4) is 0 Å². The van der Waals surface area contributed by atoms with Gasteiger partial charge in [-0.3, -0.25) is 0 Å². The Bertz CT molecular complexity index is 637. The number of phenolic OH excluding ortho intramolecular Hbond substituents is 1. The highest BCUT2D eigenvalue weighted by Crippen LogP contribution is 2.21. The lowest BCUT2D eigenvalue weighted by molar-refractivity contribution is 0.475. The number of aromatic hydroxyl groups is 1. The van der Waals surface area contributed by atoms with Gasteiger partial charge in [0, 0.05) is 38.1 Å². The molecular weight excluding hydrogens is 264 g/mol. The quantitative estimate of drug-likeness (QED) is 0.911. The summed E-state index contributed by atoms with van der Waals surface area (Å²) in [4.78, 5) is 8.85. The van der Waals surface area contributed by atoms with Crippen molar-refractivity contribution in [1.82, 2.24) is 4.98 Å². The standard InChI is InChI=1S/C16H16N4O/c17-11-13-1-6-16(18-12-13)20-9-7-19(8-10-20)14-2-4-15(21)5-3-14/h1-6,12,21H,7-10H2. The number of nitrogens with zero attached hydrogens (tertiary/aromatic N) is 4. The van der Waals surface area contributed by atoms with Crippen LogP contribution in [0.1, 0.15) is 5.56 Å². The van der Waals surface area contributed by atoms with Gasteiger partial charge in [-0.2, -0.15) is 5.26 Å². The van der Waals surface area contributed by atoms with Crippen molar-refractivity contribution in [3.05, 3.63) is 48.2 Å². The molecule has 3 rings (SSSR count). The molecule has 1 aromatic heterocycles. The highest BCUT2D eigenvalue weighted by molar-refractivity contribution is 5.51. The molecule has 2 heterocycles. The largest absolute Gasteiger partial charge is 0.508 e. The summed E-state index contributed by atoms with van der Waals surface area (Å²) < 4.78 is 0. The van der Waals surface area contributed by atoms with Crippen LogP contribution in [0.25, 0.3) is 0 Å². The zero-order valence-electron chi connectivity index (χ0n) is 11.6. The summed E-state index contributed by atoms with van der Waals surface area (Å²) in [6, 6.07) is 13.1. The fourth-order valence-corrected chi connectivity index (χ4v) is 2.50. The summed E-state index contributed by atoms with van der Waals surface area (Å²) in [5.41, 5.74) is 1.71. The summed E-state index contributed by atoms with van der Waals surface area (Å²) in [6.45, 7) is 3.60. The van der Waals surface area contributed by atoms with Crippen LogP contribution in [0.5, 0.6) is 5.75 Å². The van der Waals surface area contributed by atoms with Crippen molar-refractivity contribution in [3.63, 3.8) is 0 Å². The number of anilines is 2. The molecule has 5 heteroatoms. The van der Waals surface area contributed by atoms with E-state index >= 15 is 0 Å². The predicted molar refractivity (Wildman–Crippen MR) is 81.5 cm³/mol. The predicted octanol–water partition coefficient (Wildman–Crippen LogP) is 1.99. The number of pyridine rings is 1. The minimum atomic E-state index is 0.291. The highest BCUT2D eigenvalue weighted by atomic mass is 16.3. The average molecular weight is 280 g/mol. The van der Waals surface area contributed by atoms with Crippen LogP contribution in [-0.4, -0.2) is 36.3 Å². The number of nitriles is 1. The van der Waals surface area contributed by atoms with Crippen LogP contribution < -0.4 is 9.80 Å². The van der Waals surface area contributed by atoms with Gasteiger partial charge in [-0.15, -0.1) is 0 Å². The van der Waals surface area contributed by atoms with E-state index < -0.39 is 0 Å². The molecule has 0 aliphatic carbocycles. The van der Waals surface area contributed by atoms with Gasteiger partial charge in [0.2, 0.25) is 0 Å². The molecule has 1 aromatic carbocycles. The Labute approximate surface area is 123 Å². The van der Waals surface area contributed by atoms with Crippen molar-refractivity contribution >= 4 is 11.5 Å². The van der Waals surface area contributed by atoms with E-state index in [0.717, 1.165) is 37.7 Å². The average Bonchev–Trinajstić information content (AvgIpc) is 2.56. The molecule has 0 atom stereocenters. The molecular formula is C16H16N4O. The SMILES string of the molecule is N#Cc1ccc(N2CCN(c3ccc(O)cc3)CC2)nc1. The Kier molecular flexibility index (Phi) is 3.61. The molecule has 1 aliphatic heterocycles. The van der Waals surface area contributed by atoms with E-state index in [1.165, 1.54) is 0 Å². The first-order valence-electron chi connectivity index (χ1n) is 6.91. The van der Waals surface area contributed by atoms with Gasteiger partial charge in [-0.05, 0) is 36.4 Å². The van der Waals surface area contributed by atoms with Crippen molar-refractivity contribution in [2.45, 2.75) is 0 Å². The molecule has 0 radical (unpaired) electrons. The molecule has 2 aromatic rings. The minimum absolute atomic E-state index is 0.291. The number of phenols is 1. The second kappa shape index (κ2) is 5.71. The van der Waals surface area contributed by atoms with Gasteiger partial charge in [0.25, 0.3) is 0 Å². The molecule has 0 amide bonds. The Hall–Kier alpha value is -2.74. The Morgan fingerprint density at radius 3 is 2.19 bits per heavy atom. The van der Waals surface area contributed by atoms with Crippen LogP contribution in [-0.2, 0) is 0 Å². The summed E-state index contributed by atoms with van der Waals surface area (Å²) in [7, 11) is 0. The van der Waals surface area contributed by atoms with Crippen LogP contribution in [0.2, 0.25) is 0 Å². The van der Waals surface area contributed by atoms with Crippen LogP contribution >= 0.6 is 0 Å². The van der Waals surface area contributed by atoms with Gasteiger partial charge in [-0.1, -0.05) is 0 Å². The van der Waals surface area contributed by atoms with Crippen molar-refractivity contribution in [1.29, 1.82) is 5.26 Å². The van der Waals surface area contributed by atoms with Gasteiger partial charge in [0.1, 0.15) is 17.6 Å². The highest BCUT2D eigenvalue weighted by Gasteiger charge is 2.18. The fourth-order valence-electron chi connectivity index (χ4n) is 2.50. The van der Waals surface area contributed by atoms with E-state index in [9.17, 15) is 5.11 Å². The van der Waals surface area contributed by atoms with Crippen LogP contribution in [0.4, 0.5) is 11.5 Å². The van der Waals surface area contributed by atoms with Gasteiger partial charge in [-0.25, -0.2) is 4.98 Å². The molecule has 0 spiro atoms. The molecule has 106 valence electrons. The van der Waals surface area contributed by atoms with Crippen molar-refractivity contribution in [3.8, 4) is 11.8 Å². The molecule has 0 bridgehead atoms. The lowest BCUT2D eigenvalue weighted by atomic mass is 10.2. The van der Waals surface area contributed by atoms with E-state index in [0.29, 0.717) is 11.3 Å². The van der Waals surface area contributed by atoms with Gasteiger partial charge in [0.05, 0.1) is 5.56 Å². The second-order valence-corrected chi connectivity index (χ2v) is 5.01. The summed E-state index contributed by atoms with van der Waals surface area (Å²) >= 11 is 0. The first-order valence-corrected chi connectivity index (χ1v) is 6.91. The first-order chi connectivity index (χ1) is 10.3. The normalized spacial score (nSPS) is 14.8. The second-order valence-electron chi connectivity index (χ2n) is 5.01. The Morgan fingerprint density at radius 2 is 1.62 bits per heavy atom. The smallest absolute Gasteiger partial charge is 0.128 e. The maximum Gasteiger partial charge on any atom is 0.128 e. The number of hydrogen-bond acceptors (Lipinski definition) is 5. The lowest BCUT2D eigenvalue weighted by Crippen LogP contribution is -2.46. The Balaban J connectivity index is 1.64. The first kappa shape index (κ1) is 13.3. The van der Waals surface area contributed by atoms with E-state index in [1.807, 2.05) is 18.2 Å². The molecule has 1 fully saturated rings. The molecule has 5 nitrogen and oxygen atoms in total. The molecule has 1 N–H and O–H groups in total. The monoisotopic (exact) mass is 280 g/mol. The van der Waals surface area contributed by atoms with E-state index in [2.05, 4.69) is 20.9 Å². The minimum Gasteiger partial charge on any atom is -0.508 e. The topological polar surface area (TPSA) is 63.4 Å². The van der Waals surface area contributed by atoms with Crippen molar-refractivity contribution < 1.29 is 5.11 Å². The summed E-state index contributed by atoms with van der Waals surface area (Å²) in [5.74, 6) is 1.21. The molecule has 21 heavy (non-hydrogen) atoms. The molecule has 1 saturated heterocycles. The molecule has 0 saturated carbocycles. The summed E-state index contributed by atoms with van der Waals surface area (Å²) in [6.07, 6.45) is 1.61. The van der Waals surface area contributed by atoms with Gasteiger partial charge < -0.3 is 14.9 Å². The zero-order valence-corrected chi connectivity index (χ0v) is 11.6. The van der Waals surface area contributed by atoms with Gasteiger partial charge in [0.15, 0.2) is 0 Å². The zero-order chi connectivity index (χ0) is 14.7. The fraction of sp³-hybridized carbons (Fsp3) is 0.250. The lowest BCUT2D eigenvalue weighted by Gasteiger charge is -2.36. The third-order valence-corrected chi connectivity index (χ3v) is 3.70. The number of rotatable bonds is 2. The molecule has 0 unspecified atom stereocenters. The Morgan fingerprint density at radius 1 is 0.952 bits per heavy atom. The van der Waals surface area contributed by atoms with Crippen molar-refractivity contribution in [2.24, 2.45) is 0 Å². The van der Waals surface area contributed by atoms with Gasteiger partial charge >= 0.3 is 0 Å². The number of benzene rings is 1. The molecule has 1 aliphatic rings. The van der Waals surface area contributed by atoms with E-state index in [1.54, 1.807) is 24.4 Å². The third-order valence-electron chi connectivity index (χ3n) is 3.70. The van der Waals surface area contributed by atoms with Crippen LogP contribution in [0, 0.1) is 11.3 Å². The third kappa shape index (κ3) is 2.90. The number of piperazine rings is 1. The van der Waals surface area contributed by atoms with E-state index in [-0.39, 0.29) is 0 Å². The van der Waals surface area contributed by atoms with Crippen molar-refractivity contribution in [2.75, 3.05) is 36.0 Å². The number of hydrogen-bond donors (Lipinski definition) is 1. The summed E-state index contributed by atoms with van der Waals surface area (Å²) in [5, 5.41) is 18.1. The van der Waals surface area contributed by atoms with Crippen LogP contribution in [0.15, 0.2) is 42.6 Å². The van der Waals surface area contributed by atoms with E-state index in [4.69, 9.17) is 5.26 Å².